The number of sulfone groups is 1. The van der Waals surface area contributed by atoms with Crippen LogP contribution in [-0.4, -0.2) is 46.3 Å². The van der Waals surface area contributed by atoms with Crippen LogP contribution in [-0.2, 0) is 9.84 Å². The van der Waals surface area contributed by atoms with Crippen molar-refractivity contribution < 1.29 is 8.42 Å². The maximum atomic E-state index is 11.0. The zero-order valence-corrected chi connectivity index (χ0v) is 10.7. The standard InChI is InChI=1S/C8H11N5O2S2/c1-17(14,15)3-2-16-7-5-4-10-13-6(5)11-8(9)12-7/h4H,2-3H2,1H3,(H3,9,10,11,12,13). The van der Waals surface area contributed by atoms with E-state index in [1.807, 2.05) is 0 Å². The van der Waals surface area contributed by atoms with Gasteiger partial charge in [-0.05, 0) is 0 Å². The van der Waals surface area contributed by atoms with Gasteiger partial charge in [0.1, 0.15) is 14.9 Å². The van der Waals surface area contributed by atoms with Crippen molar-refractivity contribution in [2.75, 3.05) is 23.5 Å². The molecule has 0 bridgehead atoms. The molecular formula is C8H11N5O2S2. The number of nitrogen functional groups attached to an aromatic ring is 1. The van der Waals surface area contributed by atoms with Gasteiger partial charge in [-0.15, -0.1) is 11.8 Å². The molecule has 0 amide bonds. The molecule has 0 aliphatic carbocycles. The second kappa shape index (κ2) is 4.49. The van der Waals surface area contributed by atoms with E-state index in [2.05, 4.69) is 20.2 Å². The smallest absolute Gasteiger partial charge is 0.223 e. The van der Waals surface area contributed by atoms with Crippen molar-refractivity contribution >= 4 is 38.6 Å². The molecular weight excluding hydrogens is 262 g/mol. The molecule has 0 aromatic carbocycles. The Morgan fingerprint density at radius 1 is 1.47 bits per heavy atom. The van der Waals surface area contributed by atoms with Gasteiger partial charge < -0.3 is 5.73 Å². The summed E-state index contributed by atoms with van der Waals surface area (Å²) in [6, 6.07) is 0. The number of H-pyrrole nitrogens is 1. The average Bonchev–Trinajstić information content (AvgIpc) is 2.63. The molecule has 9 heteroatoms. The van der Waals surface area contributed by atoms with Gasteiger partial charge in [-0.3, -0.25) is 5.10 Å². The van der Waals surface area contributed by atoms with Crippen LogP contribution in [0.2, 0.25) is 0 Å². The fourth-order valence-electron chi connectivity index (χ4n) is 1.22. The summed E-state index contributed by atoms with van der Waals surface area (Å²) in [5.74, 6) is 0.667. The number of nitrogens with two attached hydrogens (primary N) is 1. The fourth-order valence-corrected chi connectivity index (χ4v) is 3.43. The summed E-state index contributed by atoms with van der Waals surface area (Å²) >= 11 is 1.33. The van der Waals surface area contributed by atoms with Gasteiger partial charge in [0.15, 0.2) is 5.65 Å². The van der Waals surface area contributed by atoms with Crippen LogP contribution in [0.4, 0.5) is 5.95 Å². The van der Waals surface area contributed by atoms with E-state index in [1.54, 1.807) is 6.20 Å². The van der Waals surface area contributed by atoms with Gasteiger partial charge >= 0.3 is 0 Å². The number of nitrogens with one attached hydrogen (secondary N) is 1. The quantitative estimate of drug-likeness (QED) is 0.598. The number of anilines is 1. The summed E-state index contributed by atoms with van der Waals surface area (Å²) in [6.45, 7) is 0. The van der Waals surface area contributed by atoms with Crippen molar-refractivity contribution in [3.63, 3.8) is 0 Å². The number of aromatic amines is 1. The normalized spacial score (nSPS) is 12.1. The highest BCUT2D eigenvalue weighted by atomic mass is 32.2. The van der Waals surface area contributed by atoms with Crippen LogP contribution in [0.25, 0.3) is 11.0 Å². The van der Waals surface area contributed by atoms with Gasteiger partial charge in [0.25, 0.3) is 0 Å². The number of hydrogen-bond acceptors (Lipinski definition) is 7. The minimum Gasteiger partial charge on any atom is -0.368 e. The van der Waals surface area contributed by atoms with E-state index in [0.717, 1.165) is 5.39 Å². The summed E-state index contributed by atoms with van der Waals surface area (Å²) in [5, 5.41) is 7.93. The second-order valence-electron chi connectivity index (χ2n) is 3.50. The summed E-state index contributed by atoms with van der Waals surface area (Å²) in [7, 11) is -2.96. The van der Waals surface area contributed by atoms with Crippen LogP contribution in [0.15, 0.2) is 11.2 Å². The van der Waals surface area contributed by atoms with Gasteiger partial charge in [-0.1, -0.05) is 0 Å². The Labute approximate surface area is 102 Å². The lowest BCUT2D eigenvalue weighted by Crippen LogP contribution is -2.05. The molecule has 7 nitrogen and oxygen atoms in total. The van der Waals surface area contributed by atoms with Crippen molar-refractivity contribution in [1.29, 1.82) is 0 Å². The Hall–Kier alpha value is -1.35. The molecule has 92 valence electrons. The zero-order valence-electron chi connectivity index (χ0n) is 9.04. The van der Waals surface area contributed by atoms with Gasteiger partial charge in [0.2, 0.25) is 5.95 Å². The molecule has 2 heterocycles. The van der Waals surface area contributed by atoms with Crippen molar-refractivity contribution in [3.8, 4) is 0 Å². The summed E-state index contributed by atoms with van der Waals surface area (Å²) in [6.07, 6.45) is 2.80. The van der Waals surface area contributed by atoms with E-state index in [4.69, 9.17) is 5.73 Å². The molecule has 2 rings (SSSR count). The van der Waals surface area contributed by atoms with E-state index in [-0.39, 0.29) is 11.7 Å². The summed E-state index contributed by atoms with van der Waals surface area (Å²) in [4.78, 5) is 8.04. The number of nitrogens with zero attached hydrogens (tertiary/aromatic N) is 3. The third kappa shape index (κ3) is 3.07. The number of rotatable bonds is 4. The predicted molar refractivity (Wildman–Crippen MR) is 66.5 cm³/mol. The van der Waals surface area contributed by atoms with Crippen LogP contribution in [0.3, 0.4) is 0 Å². The molecule has 17 heavy (non-hydrogen) atoms. The first-order valence-electron chi connectivity index (χ1n) is 4.73. The second-order valence-corrected chi connectivity index (χ2v) is 6.84. The number of thioether (sulfide) groups is 1. The highest BCUT2D eigenvalue weighted by molar-refractivity contribution is 8.00. The van der Waals surface area contributed by atoms with Gasteiger partial charge in [-0.2, -0.15) is 10.1 Å². The SMILES string of the molecule is CS(=O)(=O)CCSc1nc(N)nc2[nH]ncc12. The van der Waals surface area contributed by atoms with E-state index < -0.39 is 9.84 Å². The monoisotopic (exact) mass is 273 g/mol. The van der Waals surface area contributed by atoms with Crippen LogP contribution in [0.1, 0.15) is 0 Å². The molecule has 3 N–H and O–H groups in total. The zero-order chi connectivity index (χ0) is 12.5. The Morgan fingerprint density at radius 3 is 2.94 bits per heavy atom. The number of aromatic nitrogens is 4. The van der Waals surface area contributed by atoms with E-state index in [9.17, 15) is 8.42 Å². The molecule has 0 aliphatic heterocycles. The molecule has 0 aliphatic rings. The predicted octanol–water partition coefficient (Wildman–Crippen LogP) is 0.0718. The van der Waals surface area contributed by atoms with Gasteiger partial charge in [-0.25, -0.2) is 13.4 Å². The largest absolute Gasteiger partial charge is 0.368 e. The molecule has 0 atom stereocenters. The van der Waals surface area contributed by atoms with E-state index >= 15 is 0 Å². The van der Waals surface area contributed by atoms with Crippen molar-refractivity contribution in [2.45, 2.75) is 5.03 Å². The molecule has 0 saturated carbocycles. The van der Waals surface area contributed by atoms with Crippen molar-refractivity contribution in [1.82, 2.24) is 20.2 Å². The summed E-state index contributed by atoms with van der Waals surface area (Å²) in [5.41, 5.74) is 6.09. The average molecular weight is 273 g/mol. The molecule has 2 aromatic heterocycles. The number of hydrogen-bond donors (Lipinski definition) is 2. The molecule has 0 unspecified atom stereocenters. The molecule has 0 saturated heterocycles. The lowest BCUT2D eigenvalue weighted by molar-refractivity contribution is 0.603. The van der Waals surface area contributed by atoms with Crippen LogP contribution in [0.5, 0.6) is 0 Å². The summed E-state index contributed by atoms with van der Waals surface area (Å²) < 4.78 is 22.0. The third-order valence-corrected chi connectivity index (χ3v) is 4.18. The third-order valence-electron chi connectivity index (χ3n) is 1.98. The van der Waals surface area contributed by atoms with Gasteiger partial charge in [0, 0.05) is 12.0 Å². The topological polar surface area (TPSA) is 115 Å². The Morgan fingerprint density at radius 2 is 2.24 bits per heavy atom. The molecule has 2 aromatic rings. The van der Waals surface area contributed by atoms with E-state index in [0.29, 0.717) is 16.4 Å². The lowest BCUT2D eigenvalue weighted by Gasteiger charge is -2.02. The van der Waals surface area contributed by atoms with Crippen LogP contribution in [0, 0.1) is 0 Å². The van der Waals surface area contributed by atoms with Crippen molar-refractivity contribution in [2.24, 2.45) is 0 Å². The first-order chi connectivity index (χ1) is 7.96. The lowest BCUT2D eigenvalue weighted by atomic mass is 10.4. The van der Waals surface area contributed by atoms with Crippen LogP contribution >= 0.6 is 11.8 Å². The maximum absolute atomic E-state index is 11.0. The molecule has 0 fully saturated rings. The van der Waals surface area contributed by atoms with Crippen molar-refractivity contribution in [3.05, 3.63) is 6.20 Å². The Kier molecular flexibility index (Phi) is 3.20. The highest BCUT2D eigenvalue weighted by Gasteiger charge is 2.10. The van der Waals surface area contributed by atoms with Gasteiger partial charge in [0.05, 0.1) is 17.3 Å². The molecule has 0 spiro atoms. The highest BCUT2D eigenvalue weighted by Crippen LogP contribution is 2.24. The minimum absolute atomic E-state index is 0.0981. The fraction of sp³-hybridized carbons (Fsp3) is 0.375. The van der Waals surface area contributed by atoms with Crippen LogP contribution < -0.4 is 5.73 Å². The number of fused-ring (bicyclic) bond motifs is 1. The first-order valence-corrected chi connectivity index (χ1v) is 7.77. The minimum atomic E-state index is -2.96. The maximum Gasteiger partial charge on any atom is 0.223 e. The molecule has 0 radical (unpaired) electrons. The Bertz CT molecular complexity index is 636. The Balaban J connectivity index is 2.20. The van der Waals surface area contributed by atoms with E-state index in [1.165, 1.54) is 18.0 Å². The first kappa shape index (κ1) is 12.1.